The van der Waals surface area contributed by atoms with Crippen molar-refractivity contribution in [1.82, 2.24) is 9.80 Å². The van der Waals surface area contributed by atoms with Crippen LogP contribution in [0.4, 0.5) is 0 Å². The monoisotopic (exact) mass is 210 g/mol. The Morgan fingerprint density at radius 1 is 1.27 bits per heavy atom. The summed E-state index contributed by atoms with van der Waals surface area (Å²) in [7, 11) is 0. The lowest BCUT2D eigenvalue weighted by Crippen LogP contribution is -2.45. The summed E-state index contributed by atoms with van der Waals surface area (Å²) in [5.41, 5.74) is 0. The van der Waals surface area contributed by atoms with E-state index in [1.807, 2.05) is 18.7 Å². The number of hydrogen-bond acceptors (Lipinski definition) is 2. The molecule has 0 aromatic carbocycles. The molecular weight excluding hydrogens is 192 g/mol. The molecule has 0 bridgehead atoms. The Morgan fingerprint density at radius 2 is 2.00 bits per heavy atom. The van der Waals surface area contributed by atoms with E-state index in [1.54, 1.807) is 4.90 Å². The Kier molecular flexibility index (Phi) is 2.67. The summed E-state index contributed by atoms with van der Waals surface area (Å²) in [6.07, 6.45) is 2.29. The van der Waals surface area contributed by atoms with E-state index in [4.69, 9.17) is 0 Å². The highest BCUT2D eigenvalue weighted by Gasteiger charge is 2.39. The van der Waals surface area contributed by atoms with Gasteiger partial charge in [-0.1, -0.05) is 0 Å². The summed E-state index contributed by atoms with van der Waals surface area (Å²) in [5, 5.41) is 0. The number of fused-ring (bicyclic) bond motifs is 1. The molecule has 0 radical (unpaired) electrons. The Hall–Kier alpha value is -1.06. The average Bonchev–Trinajstić information content (AvgIpc) is 2.61. The second-order valence-electron chi connectivity index (χ2n) is 4.62. The third-order valence-electron chi connectivity index (χ3n) is 3.33. The van der Waals surface area contributed by atoms with Gasteiger partial charge in [0.05, 0.1) is 0 Å². The molecule has 2 amide bonds. The highest BCUT2D eigenvalue weighted by atomic mass is 16.2. The van der Waals surface area contributed by atoms with Crippen molar-refractivity contribution >= 4 is 11.8 Å². The van der Waals surface area contributed by atoms with Crippen molar-refractivity contribution in [2.75, 3.05) is 13.1 Å². The van der Waals surface area contributed by atoms with Gasteiger partial charge in [0.25, 0.3) is 0 Å². The maximum Gasteiger partial charge on any atom is 0.245 e. The zero-order chi connectivity index (χ0) is 11.0. The van der Waals surface area contributed by atoms with Gasteiger partial charge in [0.2, 0.25) is 11.8 Å². The van der Waals surface area contributed by atoms with Gasteiger partial charge in [-0.25, -0.2) is 0 Å². The first-order valence-electron chi connectivity index (χ1n) is 5.71. The fraction of sp³-hybridized carbons (Fsp3) is 0.818. The quantitative estimate of drug-likeness (QED) is 0.636. The Morgan fingerprint density at radius 3 is 2.67 bits per heavy atom. The molecule has 2 fully saturated rings. The molecule has 2 rings (SSSR count). The molecule has 2 aliphatic heterocycles. The van der Waals surface area contributed by atoms with E-state index in [-0.39, 0.29) is 23.9 Å². The SMILES string of the molecule is CC(C)N1CCC(=O)N2CCCC2C1=O. The number of carbonyl (C=O) groups is 2. The zero-order valence-corrected chi connectivity index (χ0v) is 9.40. The van der Waals surface area contributed by atoms with Gasteiger partial charge in [-0.3, -0.25) is 9.59 Å². The fourth-order valence-corrected chi connectivity index (χ4v) is 2.50. The summed E-state index contributed by atoms with van der Waals surface area (Å²) < 4.78 is 0. The van der Waals surface area contributed by atoms with Crippen LogP contribution in [-0.2, 0) is 9.59 Å². The first-order valence-corrected chi connectivity index (χ1v) is 5.71. The van der Waals surface area contributed by atoms with Crippen LogP contribution < -0.4 is 0 Å². The van der Waals surface area contributed by atoms with Crippen LogP contribution in [0.5, 0.6) is 0 Å². The minimum absolute atomic E-state index is 0.147. The van der Waals surface area contributed by atoms with Crippen LogP contribution in [-0.4, -0.2) is 46.8 Å². The summed E-state index contributed by atoms with van der Waals surface area (Å²) in [5.74, 6) is 0.294. The molecule has 1 atom stereocenters. The minimum atomic E-state index is -0.164. The molecule has 1 unspecified atom stereocenters. The van der Waals surface area contributed by atoms with Crippen molar-refractivity contribution in [1.29, 1.82) is 0 Å². The molecule has 4 nitrogen and oxygen atoms in total. The second kappa shape index (κ2) is 3.83. The first-order chi connectivity index (χ1) is 7.11. The Labute approximate surface area is 90.2 Å². The number of amides is 2. The van der Waals surface area contributed by atoms with Crippen molar-refractivity contribution in [2.24, 2.45) is 0 Å². The van der Waals surface area contributed by atoms with Gasteiger partial charge in [0.1, 0.15) is 6.04 Å². The summed E-state index contributed by atoms with van der Waals surface area (Å²) in [4.78, 5) is 27.5. The number of carbonyl (C=O) groups excluding carboxylic acids is 2. The third-order valence-corrected chi connectivity index (χ3v) is 3.33. The van der Waals surface area contributed by atoms with E-state index < -0.39 is 0 Å². The molecule has 84 valence electrons. The Balaban J connectivity index is 2.22. The van der Waals surface area contributed by atoms with Gasteiger partial charge in [-0.2, -0.15) is 0 Å². The van der Waals surface area contributed by atoms with E-state index in [2.05, 4.69) is 0 Å². The van der Waals surface area contributed by atoms with Gasteiger partial charge in [-0.05, 0) is 26.7 Å². The lowest BCUT2D eigenvalue weighted by molar-refractivity contribution is -0.140. The molecule has 0 saturated carbocycles. The van der Waals surface area contributed by atoms with Crippen LogP contribution in [0.25, 0.3) is 0 Å². The standard InChI is InChI=1S/C11H18N2O2/c1-8(2)12-7-5-10(14)13-6-3-4-9(13)11(12)15/h8-9H,3-7H2,1-2H3. The van der Waals surface area contributed by atoms with Gasteiger partial charge >= 0.3 is 0 Å². The van der Waals surface area contributed by atoms with Crippen LogP contribution in [0.15, 0.2) is 0 Å². The molecule has 2 heterocycles. The average molecular weight is 210 g/mol. The van der Waals surface area contributed by atoms with Crippen LogP contribution in [0.2, 0.25) is 0 Å². The fourth-order valence-electron chi connectivity index (χ4n) is 2.50. The predicted octanol–water partition coefficient (Wildman–Crippen LogP) is 0.618. The lowest BCUT2D eigenvalue weighted by Gasteiger charge is -2.28. The van der Waals surface area contributed by atoms with E-state index in [0.29, 0.717) is 13.0 Å². The predicted molar refractivity (Wildman–Crippen MR) is 56.2 cm³/mol. The molecule has 0 aliphatic carbocycles. The molecule has 0 aromatic rings. The normalized spacial score (nSPS) is 27.3. The number of hydrogen-bond donors (Lipinski definition) is 0. The van der Waals surface area contributed by atoms with Crippen LogP contribution in [0, 0.1) is 0 Å². The third kappa shape index (κ3) is 1.73. The van der Waals surface area contributed by atoms with Crippen LogP contribution in [0.1, 0.15) is 33.1 Å². The smallest absolute Gasteiger partial charge is 0.245 e. The van der Waals surface area contributed by atoms with Crippen LogP contribution in [0.3, 0.4) is 0 Å². The van der Waals surface area contributed by atoms with E-state index >= 15 is 0 Å². The number of nitrogens with zero attached hydrogens (tertiary/aromatic N) is 2. The highest BCUT2D eigenvalue weighted by Crippen LogP contribution is 2.24. The molecule has 2 saturated heterocycles. The molecule has 4 heteroatoms. The molecule has 0 aromatic heterocycles. The van der Waals surface area contributed by atoms with Crippen molar-refractivity contribution < 1.29 is 9.59 Å². The molecule has 15 heavy (non-hydrogen) atoms. The molecular formula is C11H18N2O2. The molecule has 0 N–H and O–H groups in total. The maximum absolute atomic E-state index is 12.1. The van der Waals surface area contributed by atoms with E-state index in [1.165, 1.54) is 0 Å². The lowest BCUT2D eigenvalue weighted by atomic mass is 10.2. The summed E-state index contributed by atoms with van der Waals surface area (Å²) >= 11 is 0. The topological polar surface area (TPSA) is 40.6 Å². The Bertz CT molecular complexity index is 288. The zero-order valence-electron chi connectivity index (χ0n) is 9.40. The van der Waals surface area contributed by atoms with Crippen molar-refractivity contribution in [3.8, 4) is 0 Å². The summed E-state index contributed by atoms with van der Waals surface area (Å²) in [6, 6.07) is 0.0354. The van der Waals surface area contributed by atoms with Gasteiger partial charge in [0, 0.05) is 25.6 Å². The summed E-state index contributed by atoms with van der Waals surface area (Å²) in [6.45, 7) is 5.36. The number of rotatable bonds is 1. The van der Waals surface area contributed by atoms with Crippen molar-refractivity contribution in [3.63, 3.8) is 0 Å². The van der Waals surface area contributed by atoms with Crippen molar-refractivity contribution in [2.45, 2.75) is 45.2 Å². The van der Waals surface area contributed by atoms with E-state index in [9.17, 15) is 9.59 Å². The first kappa shape index (κ1) is 10.5. The maximum atomic E-state index is 12.1. The van der Waals surface area contributed by atoms with Gasteiger partial charge in [0.15, 0.2) is 0 Å². The second-order valence-corrected chi connectivity index (χ2v) is 4.62. The molecule has 2 aliphatic rings. The van der Waals surface area contributed by atoms with E-state index in [0.717, 1.165) is 19.4 Å². The minimum Gasteiger partial charge on any atom is -0.338 e. The van der Waals surface area contributed by atoms with Crippen molar-refractivity contribution in [3.05, 3.63) is 0 Å². The largest absolute Gasteiger partial charge is 0.338 e. The highest BCUT2D eigenvalue weighted by molar-refractivity contribution is 5.90. The van der Waals surface area contributed by atoms with Crippen LogP contribution >= 0.6 is 0 Å². The van der Waals surface area contributed by atoms with Gasteiger partial charge in [-0.15, -0.1) is 0 Å². The molecule has 0 spiro atoms. The van der Waals surface area contributed by atoms with Gasteiger partial charge < -0.3 is 9.80 Å².